The molecule has 2 amide bonds. The van der Waals surface area contributed by atoms with Gasteiger partial charge in [0.1, 0.15) is 12.6 Å². The summed E-state index contributed by atoms with van der Waals surface area (Å²) in [4.78, 5) is 29.8. The number of rotatable bonds is 12. The number of nitrogens with one attached hydrogen (secondary N) is 1. The molecule has 7 nitrogen and oxygen atoms in total. The van der Waals surface area contributed by atoms with Crippen molar-refractivity contribution in [2.45, 2.75) is 57.6 Å². The van der Waals surface area contributed by atoms with E-state index in [0.29, 0.717) is 5.02 Å². The van der Waals surface area contributed by atoms with Crippen LogP contribution in [0.4, 0.5) is 5.69 Å². The van der Waals surface area contributed by atoms with Gasteiger partial charge in [-0.25, -0.2) is 8.42 Å². The van der Waals surface area contributed by atoms with Crippen LogP contribution in [0.3, 0.4) is 0 Å². The number of nitrogens with zero attached hydrogens (tertiary/aromatic N) is 2. The molecule has 0 bridgehead atoms. The topological polar surface area (TPSA) is 86.8 Å². The van der Waals surface area contributed by atoms with E-state index in [1.165, 1.54) is 17.0 Å². The lowest BCUT2D eigenvalue weighted by molar-refractivity contribution is -0.140. The SMILES string of the molecule is Cc1ccc(S(=O)(=O)N(CC(=O)N(Cc2cccc(Br)c2)[C@@H](Cc2ccccc2)C(=O)NC(C)C)c2ccc(C)c(Cl)c2)cc1. The molecule has 1 N–H and O–H groups in total. The third-order valence-corrected chi connectivity index (χ3v) is 9.96. The summed E-state index contributed by atoms with van der Waals surface area (Å²) in [5.41, 5.74) is 3.55. The molecular formula is C35H37BrClN3O4S. The van der Waals surface area contributed by atoms with Gasteiger partial charge in [-0.3, -0.25) is 13.9 Å². The van der Waals surface area contributed by atoms with Crippen molar-refractivity contribution in [3.63, 3.8) is 0 Å². The molecule has 4 aromatic carbocycles. The summed E-state index contributed by atoms with van der Waals surface area (Å²) in [7, 11) is -4.21. The fourth-order valence-electron chi connectivity index (χ4n) is 4.87. The molecule has 0 saturated heterocycles. The zero-order valence-corrected chi connectivity index (χ0v) is 28.9. The zero-order chi connectivity index (χ0) is 32.7. The number of carbonyl (C=O) groups excluding carboxylic acids is 2. The quantitative estimate of drug-likeness (QED) is 0.170. The van der Waals surface area contributed by atoms with Crippen LogP contribution in [0.25, 0.3) is 0 Å². The Kier molecular flexibility index (Phi) is 11.5. The van der Waals surface area contributed by atoms with Gasteiger partial charge in [0.05, 0.1) is 10.6 Å². The highest BCUT2D eigenvalue weighted by Crippen LogP contribution is 2.29. The van der Waals surface area contributed by atoms with E-state index < -0.39 is 28.5 Å². The van der Waals surface area contributed by atoms with E-state index in [9.17, 15) is 18.0 Å². The number of amides is 2. The second-order valence-corrected chi connectivity index (χ2v) is 14.5. The van der Waals surface area contributed by atoms with E-state index in [0.717, 1.165) is 31.0 Å². The maximum absolute atomic E-state index is 14.5. The van der Waals surface area contributed by atoms with Gasteiger partial charge in [0.15, 0.2) is 0 Å². The molecule has 4 aromatic rings. The Hall–Kier alpha value is -3.66. The number of hydrogen-bond donors (Lipinski definition) is 1. The summed E-state index contributed by atoms with van der Waals surface area (Å²) in [5.74, 6) is -0.870. The number of hydrogen-bond acceptors (Lipinski definition) is 4. The molecule has 0 aliphatic heterocycles. The van der Waals surface area contributed by atoms with Crippen LogP contribution in [-0.2, 0) is 32.6 Å². The van der Waals surface area contributed by atoms with Crippen LogP contribution in [-0.4, -0.2) is 43.8 Å². The average molecular weight is 711 g/mol. The molecule has 0 aliphatic rings. The summed E-state index contributed by atoms with van der Waals surface area (Å²) >= 11 is 9.95. The lowest BCUT2D eigenvalue weighted by atomic mass is 10.0. The molecule has 0 aliphatic carbocycles. The van der Waals surface area contributed by atoms with E-state index in [1.54, 1.807) is 30.3 Å². The largest absolute Gasteiger partial charge is 0.352 e. The highest BCUT2D eigenvalue weighted by Gasteiger charge is 2.35. The lowest BCUT2D eigenvalue weighted by Crippen LogP contribution is -2.54. The van der Waals surface area contributed by atoms with Crippen LogP contribution in [0.2, 0.25) is 5.02 Å². The average Bonchev–Trinajstić information content (AvgIpc) is 2.99. The summed E-state index contributed by atoms with van der Waals surface area (Å²) < 4.78 is 30.2. The van der Waals surface area contributed by atoms with Crippen LogP contribution in [0.5, 0.6) is 0 Å². The van der Waals surface area contributed by atoms with Gasteiger partial charge >= 0.3 is 0 Å². The molecule has 0 heterocycles. The third-order valence-electron chi connectivity index (χ3n) is 7.28. The normalized spacial score (nSPS) is 12.1. The van der Waals surface area contributed by atoms with E-state index in [2.05, 4.69) is 21.2 Å². The van der Waals surface area contributed by atoms with Crippen LogP contribution in [0.15, 0.2) is 106 Å². The molecule has 0 radical (unpaired) electrons. The summed E-state index contributed by atoms with van der Waals surface area (Å²) in [6, 6.07) is 27.2. The minimum absolute atomic E-state index is 0.0366. The first-order chi connectivity index (χ1) is 21.3. The van der Waals surface area contributed by atoms with Crippen LogP contribution in [0.1, 0.15) is 36.1 Å². The van der Waals surface area contributed by atoms with Gasteiger partial charge in [-0.2, -0.15) is 0 Å². The predicted molar refractivity (Wildman–Crippen MR) is 184 cm³/mol. The van der Waals surface area contributed by atoms with Crippen molar-refractivity contribution < 1.29 is 18.0 Å². The third kappa shape index (κ3) is 8.96. The molecule has 0 saturated carbocycles. The molecule has 236 valence electrons. The van der Waals surface area contributed by atoms with Gasteiger partial charge in [0.2, 0.25) is 11.8 Å². The van der Waals surface area contributed by atoms with Gasteiger partial charge in [0.25, 0.3) is 10.0 Å². The highest BCUT2D eigenvalue weighted by atomic mass is 79.9. The fourth-order valence-corrected chi connectivity index (χ4v) is 6.90. The van der Waals surface area contributed by atoms with E-state index in [-0.39, 0.29) is 35.5 Å². The van der Waals surface area contributed by atoms with Crippen molar-refractivity contribution in [1.29, 1.82) is 0 Å². The number of sulfonamides is 1. The first-order valence-corrected chi connectivity index (χ1v) is 17.2. The maximum atomic E-state index is 14.5. The minimum atomic E-state index is -4.21. The van der Waals surface area contributed by atoms with Crippen molar-refractivity contribution in [2.24, 2.45) is 0 Å². The Morgan fingerprint density at radius 1 is 0.867 bits per heavy atom. The Labute approximate surface area is 279 Å². The van der Waals surface area contributed by atoms with Gasteiger partial charge < -0.3 is 10.2 Å². The molecule has 10 heteroatoms. The Balaban J connectivity index is 1.82. The van der Waals surface area contributed by atoms with Crippen LogP contribution in [0, 0.1) is 13.8 Å². The van der Waals surface area contributed by atoms with Gasteiger partial charge in [0, 0.05) is 28.5 Å². The van der Waals surface area contributed by atoms with Gasteiger partial charge in [-0.05, 0) is 80.8 Å². The first kappa shape index (κ1) is 34.2. The standard InChI is InChI=1S/C35H37BrClN3O4S/c1-24(2)38-35(42)33(20-27-9-6-5-7-10-27)39(22-28-11-8-12-29(36)19-28)34(41)23-40(30-16-15-26(4)32(37)21-30)45(43,44)31-17-13-25(3)14-18-31/h5-19,21,24,33H,20,22-23H2,1-4H3,(H,38,42)/t33-/m0/s1. The molecular weight excluding hydrogens is 674 g/mol. The molecule has 1 atom stereocenters. The maximum Gasteiger partial charge on any atom is 0.264 e. The minimum Gasteiger partial charge on any atom is -0.352 e. The van der Waals surface area contributed by atoms with E-state index in [1.807, 2.05) is 82.3 Å². The molecule has 0 spiro atoms. The Bertz CT molecular complexity index is 1750. The Morgan fingerprint density at radius 2 is 1.53 bits per heavy atom. The highest BCUT2D eigenvalue weighted by molar-refractivity contribution is 9.10. The first-order valence-electron chi connectivity index (χ1n) is 14.6. The molecule has 4 rings (SSSR count). The molecule has 0 fully saturated rings. The van der Waals surface area contributed by atoms with Crippen molar-refractivity contribution in [2.75, 3.05) is 10.8 Å². The number of benzene rings is 4. The molecule has 45 heavy (non-hydrogen) atoms. The van der Waals surface area contributed by atoms with Crippen molar-refractivity contribution >= 4 is 55.1 Å². The second kappa shape index (κ2) is 15.1. The number of aryl methyl sites for hydroxylation is 2. The molecule has 0 unspecified atom stereocenters. The van der Waals surface area contributed by atoms with Crippen molar-refractivity contribution in [1.82, 2.24) is 10.2 Å². The summed E-state index contributed by atoms with van der Waals surface area (Å²) in [6.45, 7) is 6.92. The number of halogens is 2. The summed E-state index contributed by atoms with van der Waals surface area (Å²) in [6.07, 6.45) is 0.236. The number of anilines is 1. The zero-order valence-electron chi connectivity index (χ0n) is 25.7. The predicted octanol–water partition coefficient (Wildman–Crippen LogP) is 7.08. The molecule has 0 aromatic heterocycles. The van der Waals surface area contributed by atoms with Crippen molar-refractivity contribution in [3.8, 4) is 0 Å². The van der Waals surface area contributed by atoms with E-state index >= 15 is 0 Å². The fraction of sp³-hybridized carbons (Fsp3) is 0.257. The van der Waals surface area contributed by atoms with Gasteiger partial charge in [-0.1, -0.05) is 93.8 Å². The smallest absolute Gasteiger partial charge is 0.264 e. The summed E-state index contributed by atoms with van der Waals surface area (Å²) in [5, 5.41) is 3.33. The lowest BCUT2D eigenvalue weighted by Gasteiger charge is -2.34. The van der Waals surface area contributed by atoms with E-state index in [4.69, 9.17) is 11.6 Å². The van der Waals surface area contributed by atoms with Crippen LogP contribution >= 0.6 is 27.5 Å². The van der Waals surface area contributed by atoms with Gasteiger partial charge in [-0.15, -0.1) is 0 Å². The van der Waals surface area contributed by atoms with Crippen LogP contribution < -0.4 is 9.62 Å². The number of carbonyl (C=O) groups is 2. The monoisotopic (exact) mass is 709 g/mol. The Morgan fingerprint density at radius 3 is 2.16 bits per heavy atom. The van der Waals surface area contributed by atoms with Crippen molar-refractivity contribution in [3.05, 3.63) is 129 Å². The second-order valence-electron chi connectivity index (χ2n) is 11.3.